The van der Waals surface area contributed by atoms with Crippen LogP contribution in [0.4, 0.5) is 0 Å². The minimum Gasteiger partial charge on any atom is -0.469 e. The Labute approximate surface area is 64.1 Å². The first-order valence-corrected chi connectivity index (χ1v) is 3.11. The van der Waals surface area contributed by atoms with Crippen molar-refractivity contribution in [2.75, 3.05) is 0 Å². The number of carbonyl (C=O) groups excluding carboxylic acids is 1. The van der Waals surface area contributed by atoms with Crippen LogP contribution in [0.5, 0.6) is 0 Å². The summed E-state index contributed by atoms with van der Waals surface area (Å²) >= 11 is 0. The van der Waals surface area contributed by atoms with Gasteiger partial charge in [0, 0.05) is 6.42 Å². The molecular weight excluding hydrogens is 142 g/mol. The molecule has 0 aliphatic rings. The van der Waals surface area contributed by atoms with Crippen molar-refractivity contribution in [3.05, 3.63) is 36.4 Å². The van der Waals surface area contributed by atoms with Crippen LogP contribution in [-0.4, -0.2) is 6.08 Å². The molecule has 0 fully saturated rings. The molecule has 0 aliphatic heterocycles. The van der Waals surface area contributed by atoms with Crippen LogP contribution in [0.15, 0.2) is 40.1 Å². The lowest BCUT2D eigenvalue weighted by Crippen LogP contribution is -1.81. The molecular formula is C8H7NO2. The van der Waals surface area contributed by atoms with E-state index in [0.29, 0.717) is 12.1 Å². The number of rotatable bonds is 3. The van der Waals surface area contributed by atoms with Gasteiger partial charge in [0.1, 0.15) is 5.76 Å². The number of allylic oxidation sites excluding steroid dienone is 1. The van der Waals surface area contributed by atoms with E-state index in [4.69, 9.17) is 4.42 Å². The number of isocyanates is 1. The molecule has 0 atom stereocenters. The third kappa shape index (κ3) is 2.24. The minimum absolute atomic E-state index is 0.454. The minimum atomic E-state index is 0.454. The van der Waals surface area contributed by atoms with E-state index in [1.165, 1.54) is 6.08 Å². The molecule has 1 aromatic rings. The van der Waals surface area contributed by atoms with Crippen LogP contribution in [0, 0.1) is 0 Å². The predicted molar refractivity (Wildman–Crippen MR) is 39.7 cm³/mol. The average Bonchev–Trinajstić information content (AvgIpc) is 2.40. The lowest BCUT2D eigenvalue weighted by Gasteiger charge is -1.90. The predicted octanol–water partition coefficient (Wildman–Crippen LogP) is 1.67. The zero-order valence-corrected chi connectivity index (χ0v) is 5.91. The smallest absolute Gasteiger partial charge is 0.240 e. The fourth-order valence-corrected chi connectivity index (χ4v) is 0.718. The topological polar surface area (TPSA) is 42.6 Å². The van der Waals surface area contributed by atoms with Gasteiger partial charge in [-0.15, -0.1) is 0 Å². The summed E-state index contributed by atoms with van der Waals surface area (Å²) in [6, 6.07) is 3.57. The van der Waals surface area contributed by atoms with Gasteiger partial charge in [0.05, 0.1) is 12.0 Å². The normalized spacial score (nSPS) is 8.73. The first-order chi connectivity index (χ1) is 5.33. The van der Waals surface area contributed by atoms with Gasteiger partial charge in [-0.25, -0.2) is 4.79 Å². The maximum absolute atomic E-state index is 9.76. The molecule has 0 N–H and O–H groups in total. The van der Waals surface area contributed by atoms with Crippen LogP contribution >= 0.6 is 0 Å². The van der Waals surface area contributed by atoms with Crippen molar-refractivity contribution >= 4 is 6.08 Å². The van der Waals surface area contributed by atoms with Gasteiger partial charge in [0.25, 0.3) is 0 Å². The Morgan fingerprint density at radius 2 is 2.64 bits per heavy atom. The summed E-state index contributed by atoms with van der Waals surface area (Å²) in [5, 5.41) is 0. The molecule has 0 spiro atoms. The Morgan fingerprint density at radius 3 is 3.18 bits per heavy atom. The maximum Gasteiger partial charge on any atom is 0.240 e. The maximum atomic E-state index is 9.76. The third-order valence-corrected chi connectivity index (χ3v) is 1.16. The number of hydrogen-bond donors (Lipinski definition) is 0. The lowest BCUT2D eigenvalue weighted by atomic mass is 10.3. The van der Waals surface area contributed by atoms with E-state index in [1.54, 1.807) is 18.4 Å². The first-order valence-electron chi connectivity index (χ1n) is 3.11. The van der Waals surface area contributed by atoms with Gasteiger partial charge in [-0.05, 0) is 12.1 Å². The zero-order valence-electron chi connectivity index (χ0n) is 5.91. The highest BCUT2D eigenvalue weighted by molar-refractivity contribution is 5.36. The Morgan fingerprint density at radius 1 is 1.82 bits per heavy atom. The average molecular weight is 149 g/mol. The summed E-state index contributed by atoms with van der Waals surface area (Å²) in [6.45, 7) is 3.53. The van der Waals surface area contributed by atoms with Crippen molar-refractivity contribution < 1.29 is 9.21 Å². The summed E-state index contributed by atoms with van der Waals surface area (Å²) in [4.78, 5) is 13.1. The second-order valence-corrected chi connectivity index (χ2v) is 2.03. The molecule has 0 amide bonds. The summed E-state index contributed by atoms with van der Waals surface area (Å²) in [5.41, 5.74) is 0.454. The summed E-state index contributed by atoms with van der Waals surface area (Å²) in [7, 11) is 0. The van der Waals surface area contributed by atoms with E-state index in [9.17, 15) is 4.79 Å². The second-order valence-electron chi connectivity index (χ2n) is 2.03. The summed E-state index contributed by atoms with van der Waals surface area (Å²) < 4.78 is 5.00. The van der Waals surface area contributed by atoms with Crippen LogP contribution in [-0.2, 0) is 11.2 Å². The molecule has 1 heterocycles. The summed E-state index contributed by atoms with van der Waals surface area (Å²) in [5.74, 6) is 0.744. The van der Waals surface area contributed by atoms with Gasteiger partial charge in [-0.3, -0.25) is 0 Å². The SMILES string of the molecule is C=C(Cc1ccco1)N=C=O. The molecule has 1 rings (SSSR count). The van der Waals surface area contributed by atoms with Crippen molar-refractivity contribution in [2.24, 2.45) is 4.99 Å². The molecule has 56 valence electrons. The monoisotopic (exact) mass is 149 g/mol. The highest BCUT2D eigenvalue weighted by Crippen LogP contribution is 2.06. The van der Waals surface area contributed by atoms with E-state index < -0.39 is 0 Å². The van der Waals surface area contributed by atoms with Gasteiger partial charge < -0.3 is 4.42 Å². The molecule has 0 saturated heterocycles. The van der Waals surface area contributed by atoms with Crippen LogP contribution < -0.4 is 0 Å². The molecule has 3 heteroatoms. The van der Waals surface area contributed by atoms with Crippen molar-refractivity contribution in [1.82, 2.24) is 0 Å². The number of aliphatic imine (C=N–C) groups is 1. The fraction of sp³-hybridized carbons (Fsp3) is 0.125. The van der Waals surface area contributed by atoms with Crippen LogP contribution in [0.1, 0.15) is 5.76 Å². The molecule has 0 radical (unpaired) electrons. The highest BCUT2D eigenvalue weighted by Gasteiger charge is 1.96. The molecule has 1 aromatic heterocycles. The van der Waals surface area contributed by atoms with Crippen molar-refractivity contribution in [3.8, 4) is 0 Å². The van der Waals surface area contributed by atoms with Crippen molar-refractivity contribution in [3.63, 3.8) is 0 Å². The van der Waals surface area contributed by atoms with E-state index >= 15 is 0 Å². The van der Waals surface area contributed by atoms with Crippen LogP contribution in [0.3, 0.4) is 0 Å². The standard InChI is InChI=1S/C8H7NO2/c1-7(9-6-10)5-8-3-2-4-11-8/h2-4H,1,5H2. The number of nitrogens with zero attached hydrogens (tertiary/aromatic N) is 1. The highest BCUT2D eigenvalue weighted by atomic mass is 16.3. The molecule has 0 aliphatic carbocycles. The Kier molecular flexibility index (Phi) is 2.42. The lowest BCUT2D eigenvalue weighted by molar-refractivity contribution is 0.518. The Bertz CT molecular complexity index is 281. The largest absolute Gasteiger partial charge is 0.469 e. The van der Waals surface area contributed by atoms with Gasteiger partial charge in [0.15, 0.2) is 0 Å². The number of hydrogen-bond acceptors (Lipinski definition) is 3. The van der Waals surface area contributed by atoms with Crippen LogP contribution in [0.2, 0.25) is 0 Å². The Hall–Kier alpha value is -1.60. The molecule has 0 bridgehead atoms. The van der Waals surface area contributed by atoms with E-state index in [-0.39, 0.29) is 0 Å². The fourth-order valence-electron chi connectivity index (χ4n) is 0.718. The van der Waals surface area contributed by atoms with Crippen molar-refractivity contribution in [1.29, 1.82) is 0 Å². The molecule has 11 heavy (non-hydrogen) atoms. The molecule has 0 unspecified atom stereocenters. The van der Waals surface area contributed by atoms with Gasteiger partial charge in [-0.2, -0.15) is 4.99 Å². The van der Waals surface area contributed by atoms with Gasteiger partial charge in [0.2, 0.25) is 6.08 Å². The first kappa shape index (κ1) is 7.51. The Balaban J connectivity index is 2.57. The van der Waals surface area contributed by atoms with Crippen LogP contribution in [0.25, 0.3) is 0 Å². The quantitative estimate of drug-likeness (QED) is 0.484. The molecule has 3 nitrogen and oxygen atoms in total. The number of furan rings is 1. The molecule has 0 aromatic carbocycles. The zero-order chi connectivity index (χ0) is 8.10. The molecule has 0 saturated carbocycles. The van der Waals surface area contributed by atoms with E-state index in [0.717, 1.165) is 5.76 Å². The third-order valence-electron chi connectivity index (χ3n) is 1.16. The van der Waals surface area contributed by atoms with E-state index in [1.807, 2.05) is 0 Å². The van der Waals surface area contributed by atoms with E-state index in [2.05, 4.69) is 11.6 Å². The summed E-state index contributed by atoms with van der Waals surface area (Å²) in [6.07, 6.45) is 3.44. The van der Waals surface area contributed by atoms with Crippen molar-refractivity contribution in [2.45, 2.75) is 6.42 Å². The van der Waals surface area contributed by atoms with Gasteiger partial charge in [-0.1, -0.05) is 6.58 Å². The second kappa shape index (κ2) is 3.54. The van der Waals surface area contributed by atoms with Gasteiger partial charge >= 0.3 is 0 Å².